The van der Waals surface area contributed by atoms with Crippen LogP contribution in [0.15, 0.2) is 48.5 Å². The Labute approximate surface area is 179 Å². The Kier molecular flexibility index (Phi) is 8.11. The molecular weight excluding hydrogens is 378 g/mol. The predicted molar refractivity (Wildman–Crippen MR) is 119 cm³/mol. The van der Waals surface area contributed by atoms with Crippen LogP contribution in [-0.4, -0.2) is 58.4 Å². The van der Waals surface area contributed by atoms with E-state index in [1.54, 1.807) is 7.11 Å². The Bertz CT molecular complexity index is 784. The van der Waals surface area contributed by atoms with Crippen LogP contribution in [0.2, 0.25) is 0 Å². The zero-order chi connectivity index (χ0) is 21.3. The molecule has 1 aliphatic heterocycles. The first kappa shape index (κ1) is 22.1. The quantitative estimate of drug-likeness (QED) is 0.560. The van der Waals surface area contributed by atoms with Crippen LogP contribution in [0.1, 0.15) is 19.4 Å². The van der Waals surface area contributed by atoms with Crippen LogP contribution in [0.3, 0.4) is 0 Å². The number of anilines is 1. The summed E-state index contributed by atoms with van der Waals surface area (Å²) in [5.74, 6) is 1.81. The van der Waals surface area contributed by atoms with Gasteiger partial charge >= 0.3 is 0 Å². The number of piperazine rings is 1. The van der Waals surface area contributed by atoms with Crippen molar-refractivity contribution in [1.82, 2.24) is 0 Å². The lowest BCUT2D eigenvalue weighted by atomic mass is 10.1. The van der Waals surface area contributed by atoms with Gasteiger partial charge in [0.25, 0.3) is 5.91 Å². The number of aryl methyl sites for hydroxylation is 1. The molecular formula is C24H35N3O3+2. The highest BCUT2D eigenvalue weighted by Gasteiger charge is 2.30. The molecule has 0 aliphatic carbocycles. The van der Waals surface area contributed by atoms with Gasteiger partial charge in [-0.05, 0) is 55.3 Å². The number of ether oxygens (including phenoxy) is 2. The molecule has 0 bridgehead atoms. The van der Waals surface area contributed by atoms with Crippen LogP contribution in [-0.2, 0) is 11.2 Å². The second-order valence-electron chi connectivity index (χ2n) is 7.94. The minimum Gasteiger partial charge on any atom is -0.497 e. The topological polar surface area (TPSA) is 56.4 Å². The molecule has 0 spiro atoms. The second kappa shape index (κ2) is 11.0. The number of carbonyl (C=O) groups is 1. The molecule has 1 aliphatic rings. The molecule has 6 heteroatoms. The Morgan fingerprint density at radius 2 is 1.63 bits per heavy atom. The number of hydrogen-bond acceptors (Lipinski definition) is 3. The monoisotopic (exact) mass is 413 g/mol. The molecule has 2 aromatic carbocycles. The van der Waals surface area contributed by atoms with Gasteiger partial charge in [-0.1, -0.05) is 19.1 Å². The average molecular weight is 414 g/mol. The van der Waals surface area contributed by atoms with Crippen molar-refractivity contribution in [2.24, 2.45) is 0 Å². The molecule has 0 radical (unpaired) electrons. The lowest BCUT2D eigenvalue weighted by Gasteiger charge is -2.32. The Balaban J connectivity index is 1.37. The number of quaternary nitrogens is 2. The normalized spacial score (nSPS) is 19.7. The summed E-state index contributed by atoms with van der Waals surface area (Å²) < 4.78 is 11.0. The van der Waals surface area contributed by atoms with E-state index in [-0.39, 0.29) is 11.9 Å². The van der Waals surface area contributed by atoms with Crippen LogP contribution in [0, 0.1) is 0 Å². The molecule has 1 heterocycles. The largest absolute Gasteiger partial charge is 0.497 e. The number of carbonyl (C=O) groups excluding carboxylic acids is 1. The minimum atomic E-state index is -0.0482. The van der Waals surface area contributed by atoms with Crippen LogP contribution in [0.4, 0.5) is 5.69 Å². The predicted octanol–water partition coefficient (Wildman–Crippen LogP) is 0.447. The summed E-state index contributed by atoms with van der Waals surface area (Å²) in [5, 5.41) is 3.07. The van der Waals surface area contributed by atoms with Gasteiger partial charge < -0.3 is 24.6 Å². The maximum absolute atomic E-state index is 12.7. The van der Waals surface area contributed by atoms with Crippen molar-refractivity contribution in [3.63, 3.8) is 0 Å². The fourth-order valence-corrected chi connectivity index (χ4v) is 3.85. The van der Waals surface area contributed by atoms with E-state index in [2.05, 4.69) is 24.4 Å². The number of methoxy groups -OCH3 is 1. The molecule has 3 rings (SSSR count). The maximum Gasteiger partial charge on any atom is 0.282 e. The van der Waals surface area contributed by atoms with Gasteiger partial charge in [-0.3, -0.25) is 4.79 Å². The summed E-state index contributed by atoms with van der Waals surface area (Å²) in [7, 11) is 1.66. The highest BCUT2D eigenvalue weighted by Crippen LogP contribution is 2.16. The van der Waals surface area contributed by atoms with Crippen molar-refractivity contribution in [3.8, 4) is 11.5 Å². The standard InChI is InChI=1S/C24H33N3O3/c1-4-20-5-7-21(8-6-20)25-24(28)19(2)27-15-13-26(14-16-27)17-18-30-23-11-9-22(29-3)10-12-23/h5-12,19H,4,13-18H2,1-3H3,(H,25,28)/p+2/t19-/m1/s1. The summed E-state index contributed by atoms with van der Waals surface area (Å²) in [6, 6.07) is 15.8. The lowest BCUT2D eigenvalue weighted by Crippen LogP contribution is -3.30. The first-order valence-electron chi connectivity index (χ1n) is 10.9. The number of nitrogens with one attached hydrogen (secondary N) is 3. The van der Waals surface area contributed by atoms with E-state index in [1.807, 2.05) is 43.3 Å². The molecule has 1 fully saturated rings. The zero-order valence-electron chi connectivity index (χ0n) is 18.4. The van der Waals surface area contributed by atoms with E-state index >= 15 is 0 Å². The van der Waals surface area contributed by atoms with Crippen LogP contribution in [0.5, 0.6) is 11.5 Å². The highest BCUT2D eigenvalue weighted by molar-refractivity contribution is 5.93. The van der Waals surface area contributed by atoms with Crippen LogP contribution in [0.25, 0.3) is 0 Å². The van der Waals surface area contributed by atoms with Gasteiger partial charge in [-0.25, -0.2) is 0 Å². The van der Waals surface area contributed by atoms with Crippen LogP contribution >= 0.6 is 0 Å². The Hall–Kier alpha value is -2.57. The van der Waals surface area contributed by atoms with Gasteiger partial charge in [0.15, 0.2) is 6.04 Å². The van der Waals surface area contributed by atoms with E-state index in [1.165, 1.54) is 15.4 Å². The van der Waals surface area contributed by atoms with E-state index in [9.17, 15) is 4.79 Å². The Morgan fingerprint density at radius 1 is 1.00 bits per heavy atom. The van der Waals surface area contributed by atoms with Crippen LogP contribution < -0.4 is 24.6 Å². The summed E-state index contributed by atoms with van der Waals surface area (Å²) >= 11 is 0. The number of benzene rings is 2. The lowest BCUT2D eigenvalue weighted by molar-refractivity contribution is -1.02. The summed E-state index contributed by atoms with van der Waals surface area (Å²) in [6.45, 7) is 9.95. The molecule has 2 aromatic rings. The molecule has 0 saturated carbocycles. The molecule has 6 nitrogen and oxygen atoms in total. The third kappa shape index (κ3) is 6.21. The van der Waals surface area contributed by atoms with Gasteiger partial charge in [0.2, 0.25) is 0 Å². The number of hydrogen-bond donors (Lipinski definition) is 3. The van der Waals surface area contributed by atoms with Gasteiger partial charge in [-0.15, -0.1) is 0 Å². The summed E-state index contributed by atoms with van der Waals surface area (Å²) in [4.78, 5) is 15.6. The molecule has 30 heavy (non-hydrogen) atoms. The van der Waals surface area contributed by atoms with E-state index in [0.717, 1.165) is 56.3 Å². The molecule has 0 unspecified atom stereocenters. The van der Waals surface area contributed by atoms with Gasteiger partial charge in [0.1, 0.15) is 50.8 Å². The van der Waals surface area contributed by atoms with Crippen molar-refractivity contribution in [2.75, 3.05) is 51.8 Å². The van der Waals surface area contributed by atoms with E-state index < -0.39 is 0 Å². The second-order valence-corrected chi connectivity index (χ2v) is 7.94. The van der Waals surface area contributed by atoms with Crippen molar-refractivity contribution in [1.29, 1.82) is 0 Å². The minimum absolute atomic E-state index is 0.0482. The number of amides is 1. The van der Waals surface area contributed by atoms with Gasteiger partial charge in [-0.2, -0.15) is 0 Å². The zero-order valence-corrected chi connectivity index (χ0v) is 18.4. The first-order valence-corrected chi connectivity index (χ1v) is 10.9. The fourth-order valence-electron chi connectivity index (χ4n) is 3.85. The van der Waals surface area contributed by atoms with E-state index in [0.29, 0.717) is 6.61 Å². The molecule has 1 amide bonds. The van der Waals surface area contributed by atoms with Gasteiger partial charge in [0.05, 0.1) is 7.11 Å². The smallest absolute Gasteiger partial charge is 0.282 e. The fraction of sp³-hybridized carbons (Fsp3) is 0.458. The van der Waals surface area contributed by atoms with E-state index in [4.69, 9.17) is 9.47 Å². The first-order chi connectivity index (χ1) is 14.6. The molecule has 0 aromatic heterocycles. The van der Waals surface area contributed by atoms with Crippen molar-refractivity contribution >= 4 is 11.6 Å². The third-order valence-corrected chi connectivity index (χ3v) is 6.02. The summed E-state index contributed by atoms with van der Waals surface area (Å²) in [5.41, 5.74) is 2.16. The number of rotatable bonds is 9. The molecule has 3 N–H and O–H groups in total. The average Bonchev–Trinajstić information content (AvgIpc) is 2.80. The highest BCUT2D eigenvalue weighted by atomic mass is 16.5. The van der Waals surface area contributed by atoms with Gasteiger partial charge in [0, 0.05) is 5.69 Å². The van der Waals surface area contributed by atoms with Crippen molar-refractivity contribution in [2.45, 2.75) is 26.3 Å². The maximum atomic E-state index is 12.7. The Morgan fingerprint density at radius 3 is 2.23 bits per heavy atom. The molecule has 1 saturated heterocycles. The summed E-state index contributed by atoms with van der Waals surface area (Å²) in [6.07, 6.45) is 1.01. The van der Waals surface area contributed by atoms with Crippen molar-refractivity contribution < 1.29 is 24.1 Å². The third-order valence-electron chi connectivity index (χ3n) is 6.02. The van der Waals surface area contributed by atoms with Crippen molar-refractivity contribution in [3.05, 3.63) is 54.1 Å². The molecule has 162 valence electrons. The molecule has 1 atom stereocenters. The SMILES string of the molecule is CCc1ccc(NC(=O)[C@@H](C)[NH+]2CC[NH+](CCOc3ccc(OC)cc3)CC2)cc1.